The Morgan fingerprint density at radius 3 is 0.895 bits per heavy atom. The average Bonchev–Trinajstić information content (AvgIpc) is 2.94. The molecule has 0 atom stereocenters. The van der Waals surface area contributed by atoms with E-state index in [1.807, 2.05) is 0 Å². The van der Waals surface area contributed by atoms with E-state index < -0.39 is 34.4 Å². The zero-order valence-electron chi connectivity index (χ0n) is 21.6. The lowest BCUT2D eigenvalue weighted by Crippen LogP contribution is -2.03. The molecule has 0 amide bonds. The predicted octanol–water partition coefficient (Wildman–Crippen LogP) is 6.64. The molecule has 0 saturated heterocycles. The fourth-order valence-corrected chi connectivity index (χ4v) is 3.71. The van der Waals surface area contributed by atoms with Crippen molar-refractivity contribution in [2.45, 2.75) is 0 Å². The third-order valence-corrected chi connectivity index (χ3v) is 5.59. The molecule has 6 nitrogen and oxygen atoms in total. The summed E-state index contributed by atoms with van der Waals surface area (Å²) in [4.78, 5) is 0. The van der Waals surface area contributed by atoms with Crippen LogP contribution in [0.5, 0.6) is 34.5 Å². The minimum Gasteiger partial charge on any atom is -0.493 e. The van der Waals surface area contributed by atoms with E-state index in [0.29, 0.717) is 22.6 Å². The van der Waals surface area contributed by atoms with Crippen molar-refractivity contribution in [2.24, 2.45) is 0 Å². The Morgan fingerprint density at radius 2 is 0.684 bits per heavy atom. The molecule has 10 heteroatoms. The molecule has 0 aliphatic heterocycles. The van der Waals surface area contributed by atoms with Crippen LogP contribution in [-0.4, -0.2) is 42.7 Å². The number of hydrogen-bond acceptors (Lipinski definition) is 6. The number of ether oxygens (including phenoxy) is 6. The van der Waals surface area contributed by atoms with Gasteiger partial charge in [-0.3, -0.25) is 0 Å². The van der Waals surface area contributed by atoms with Gasteiger partial charge >= 0.3 is 0 Å². The predicted molar refractivity (Wildman–Crippen MR) is 136 cm³/mol. The molecular weight excluding hydrogens is 508 g/mol. The van der Waals surface area contributed by atoms with Crippen molar-refractivity contribution in [1.29, 1.82) is 0 Å². The molecule has 202 valence electrons. The molecule has 0 N–H and O–H groups in total. The molecule has 3 aromatic carbocycles. The SMILES string of the molecule is COc1cc(/C=C/c2c(F)c(F)c(/C=C/c3cc(OC)c(OC)c(OC)c3)c(F)c2F)cc(OC)c1OC. The van der Waals surface area contributed by atoms with Crippen LogP contribution in [0, 0.1) is 23.3 Å². The molecule has 0 spiro atoms. The Labute approximate surface area is 217 Å². The lowest BCUT2D eigenvalue weighted by atomic mass is 10.0. The summed E-state index contributed by atoms with van der Waals surface area (Å²) in [6.45, 7) is 0. The van der Waals surface area contributed by atoms with Crippen LogP contribution in [0.15, 0.2) is 24.3 Å². The maximum atomic E-state index is 14.9. The molecule has 0 unspecified atom stereocenters. The summed E-state index contributed by atoms with van der Waals surface area (Å²) in [5.74, 6) is -4.46. The van der Waals surface area contributed by atoms with Gasteiger partial charge in [0.05, 0.1) is 53.8 Å². The standard InChI is InChI=1S/C28H26F4O6/c1-33-19-11-15(12-20(34-2)27(19)37-5)7-9-17-23(29)25(31)18(26(32)24(17)30)10-8-16-13-21(35-3)28(38-6)22(14-16)36-4/h7-14H,1-6H3/b9-7+,10-8+. The third-order valence-electron chi connectivity index (χ3n) is 5.59. The van der Waals surface area contributed by atoms with Crippen LogP contribution in [0.4, 0.5) is 17.6 Å². The quantitative estimate of drug-likeness (QED) is 0.165. The van der Waals surface area contributed by atoms with E-state index in [4.69, 9.17) is 28.4 Å². The molecule has 0 fully saturated rings. The van der Waals surface area contributed by atoms with Gasteiger partial charge in [-0.25, -0.2) is 17.6 Å². The largest absolute Gasteiger partial charge is 0.493 e. The Kier molecular flexibility index (Phi) is 9.11. The van der Waals surface area contributed by atoms with Gasteiger partial charge in [0.1, 0.15) is 0 Å². The van der Waals surface area contributed by atoms with E-state index in [9.17, 15) is 17.6 Å². The summed E-state index contributed by atoms with van der Waals surface area (Å²) in [6.07, 6.45) is 4.36. The molecule has 0 saturated carbocycles. The van der Waals surface area contributed by atoms with Crippen molar-refractivity contribution in [1.82, 2.24) is 0 Å². The zero-order valence-corrected chi connectivity index (χ0v) is 21.6. The number of benzene rings is 3. The Bertz CT molecular complexity index is 1200. The van der Waals surface area contributed by atoms with Crippen LogP contribution < -0.4 is 28.4 Å². The average molecular weight is 535 g/mol. The normalized spacial score (nSPS) is 11.2. The molecule has 3 aromatic rings. The van der Waals surface area contributed by atoms with E-state index >= 15 is 0 Å². The lowest BCUT2D eigenvalue weighted by molar-refractivity contribution is 0.324. The fourth-order valence-electron chi connectivity index (χ4n) is 3.71. The molecule has 0 heterocycles. The smallest absolute Gasteiger partial charge is 0.203 e. The van der Waals surface area contributed by atoms with Gasteiger partial charge in [-0.2, -0.15) is 0 Å². The van der Waals surface area contributed by atoms with E-state index in [1.165, 1.54) is 79.1 Å². The monoisotopic (exact) mass is 534 g/mol. The van der Waals surface area contributed by atoms with Crippen molar-refractivity contribution in [3.05, 3.63) is 69.8 Å². The van der Waals surface area contributed by atoms with Crippen LogP contribution in [-0.2, 0) is 0 Å². The van der Waals surface area contributed by atoms with Gasteiger partial charge in [0.15, 0.2) is 46.3 Å². The van der Waals surface area contributed by atoms with E-state index in [-0.39, 0.29) is 23.0 Å². The van der Waals surface area contributed by atoms with Gasteiger partial charge in [-0.05, 0) is 47.5 Å². The molecule has 0 bridgehead atoms. The highest BCUT2D eigenvalue weighted by atomic mass is 19.2. The molecule has 0 aromatic heterocycles. The zero-order chi connectivity index (χ0) is 28.0. The summed E-state index contributed by atoms with van der Waals surface area (Å²) in [5.41, 5.74) is -1.02. The summed E-state index contributed by atoms with van der Waals surface area (Å²) < 4.78 is 91.0. The van der Waals surface area contributed by atoms with Gasteiger partial charge < -0.3 is 28.4 Å². The molecule has 0 aliphatic carbocycles. The topological polar surface area (TPSA) is 55.4 Å². The third kappa shape index (κ3) is 5.49. The van der Waals surface area contributed by atoms with Crippen LogP contribution in [0.1, 0.15) is 22.3 Å². The Hall–Kier alpha value is -4.34. The second-order valence-corrected chi connectivity index (χ2v) is 7.67. The summed E-state index contributed by atoms with van der Waals surface area (Å²) in [5, 5.41) is 0. The number of hydrogen-bond donors (Lipinski definition) is 0. The van der Waals surface area contributed by atoms with Gasteiger partial charge in [0, 0.05) is 0 Å². The van der Waals surface area contributed by atoms with Gasteiger partial charge in [-0.15, -0.1) is 0 Å². The highest BCUT2D eigenvalue weighted by Gasteiger charge is 2.23. The number of rotatable bonds is 10. The highest BCUT2D eigenvalue weighted by molar-refractivity contribution is 5.76. The van der Waals surface area contributed by atoms with Gasteiger partial charge in [0.25, 0.3) is 0 Å². The lowest BCUT2D eigenvalue weighted by Gasteiger charge is -2.13. The molecule has 38 heavy (non-hydrogen) atoms. The van der Waals surface area contributed by atoms with E-state index in [2.05, 4.69) is 0 Å². The molecule has 0 aliphatic rings. The minimum atomic E-state index is -1.56. The van der Waals surface area contributed by atoms with Crippen molar-refractivity contribution < 1.29 is 46.0 Å². The maximum absolute atomic E-state index is 14.9. The number of halogens is 4. The first kappa shape index (κ1) is 28.2. The highest BCUT2D eigenvalue weighted by Crippen LogP contribution is 2.40. The second kappa shape index (κ2) is 12.3. The van der Waals surface area contributed by atoms with E-state index in [1.54, 1.807) is 0 Å². The molecular formula is C28H26F4O6. The van der Waals surface area contributed by atoms with Gasteiger partial charge in [0.2, 0.25) is 11.5 Å². The second-order valence-electron chi connectivity index (χ2n) is 7.67. The van der Waals surface area contributed by atoms with E-state index in [0.717, 1.165) is 12.2 Å². The molecule has 0 radical (unpaired) electrons. The first-order valence-corrected chi connectivity index (χ1v) is 11.1. The summed E-state index contributed by atoms with van der Waals surface area (Å²) in [7, 11) is 8.45. The maximum Gasteiger partial charge on any atom is 0.203 e. The summed E-state index contributed by atoms with van der Waals surface area (Å²) in [6, 6.07) is 6.04. The van der Waals surface area contributed by atoms with Crippen molar-refractivity contribution in [3.63, 3.8) is 0 Å². The van der Waals surface area contributed by atoms with Crippen LogP contribution in [0.3, 0.4) is 0 Å². The molecule has 3 rings (SSSR count). The van der Waals surface area contributed by atoms with Crippen molar-refractivity contribution in [2.75, 3.05) is 42.7 Å². The Balaban J connectivity index is 2.03. The van der Waals surface area contributed by atoms with Gasteiger partial charge in [-0.1, -0.05) is 12.2 Å². The van der Waals surface area contributed by atoms with Crippen LogP contribution in [0.25, 0.3) is 24.3 Å². The van der Waals surface area contributed by atoms with Crippen LogP contribution >= 0.6 is 0 Å². The van der Waals surface area contributed by atoms with Crippen LogP contribution in [0.2, 0.25) is 0 Å². The van der Waals surface area contributed by atoms with Crippen molar-refractivity contribution >= 4 is 24.3 Å². The summed E-state index contributed by atoms with van der Waals surface area (Å²) >= 11 is 0. The minimum absolute atomic E-state index is 0.289. The van der Waals surface area contributed by atoms with Crippen molar-refractivity contribution in [3.8, 4) is 34.5 Å². The first-order chi connectivity index (χ1) is 18.2. The first-order valence-electron chi connectivity index (χ1n) is 11.1. The number of methoxy groups -OCH3 is 6. The Morgan fingerprint density at radius 1 is 0.421 bits per heavy atom. The fraction of sp³-hybridized carbons (Fsp3) is 0.214.